The van der Waals surface area contributed by atoms with Crippen molar-refractivity contribution in [1.82, 2.24) is 0 Å². The molecule has 2 saturated heterocycles. The van der Waals surface area contributed by atoms with E-state index in [0.29, 0.717) is 5.92 Å². The van der Waals surface area contributed by atoms with Crippen LogP contribution in [0.4, 0.5) is 0 Å². The molecule has 4 unspecified atom stereocenters. The second-order valence-electron chi connectivity index (χ2n) is 5.74. The zero-order valence-corrected chi connectivity index (χ0v) is 10.3. The highest BCUT2D eigenvalue weighted by molar-refractivity contribution is 5.09. The molecule has 15 heavy (non-hydrogen) atoms. The first kappa shape index (κ1) is 11.4. The van der Waals surface area contributed by atoms with Gasteiger partial charge >= 0.3 is 0 Å². The van der Waals surface area contributed by atoms with Crippen LogP contribution in [0.3, 0.4) is 0 Å². The Labute approximate surface area is 93.0 Å². The monoisotopic (exact) mass is 212 g/mol. The molecule has 2 heteroatoms. The fourth-order valence-corrected chi connectivity index (χ4v) is 3.27. The Morgan fingerprint density at radius 3 is 2.67 bits per heavy atom. The molecular weight excluding hydrogens is 188 g/mol. The molecule has 0 aromatic carbocycles. The molecule has 2 aliphatic rings. The van der Waals surface area contributed by atoms with Gasteiger partial charge in [0.1, 0.15) is 0 Å². The summed E-state index contributed by atoms with van der Waals surface area (Å²) in [5.74, 6) is 0.594. The summed E-state index contributed by atoms with van der Waals surface area (Å²) < 4.78 is 6.17. The second kappa shape index (κ2) is 3.74. The lowest BCUT2D eigenvalue weighted by Crippen LogP contribution is -2.37. The molecule has 88 valence electrons. The summed E-state index contributed by atoms with van der Waals surface area (Å²) in [6.45, 7) is 6.59. The number of aliphatic hydroxyl groups excluding tert-OH is 1. The van der Waals surface area contributed by atoms with Crippen LogP contribution >= 0.6 is 0 Å². The molecule has 0 spiro atoms. The summed E-state index contributed by atoms with van der Waals surface area (Å²) in [6, 6.07) is 0. The summed E-state index contributed by atoms with van der Waals surface area (Å²) in [5.41, 5.74) is -0.232. The number of hydrogen-bond acceptors (Lipinski definition) is 2. The number of ether oxygens (including phenoxy) is 1. The van der Waals surface area contributed by atoms with Gasteiger partial charge in [-0.3, -0.25) is 0 Å². The van der Waals surface area contributed by atoms with E-state index in [9.17, 15) is 5.11 Å². The molecule has 2 rings (SSSR count). The molecule has 0 saturated carbocycles. The number of rotatable bonds is 4. The Balaban J connectivity index is 2.03. The van der Waals surface area contributed by atoms with Crippen molar-refractivity contribution in [2.45, 2.75) is 76.6 Å². The summed E-state index contributed by atoms with van der Waals surface area (Å²) in [6.07, 6.45) is 6.55. The van der Waals surface area contributed by atoms with Gasteiger partial charge in [0.25, 0.3) is 0 Å². The van der Waals surface area contributed by atoms with E-state index in [1.165, 1.54) is 19.3 Å². The van der Waals surface area contributed by atoms with Crippen LogP contribution in [0.5, 0.6) is 0 Å². The maximum Gasteiger partial charge on any atom is 0.0922 e. The van der Waals surface area contributed by atoms with Gasteiger partial charge in [0.15, 0.2) is 0 Å². The topological polar surface area (TPSA) is 29.5 Å². The van der Waals surface area contributed by atoms with E-state index in [4.69, 9.17) is 4.74 Å². The van der Waals surface area contributed by atoms with Gasteiger partial charge in [-0.05, 0) is 32.1 Å². The first-order valence-electron chi connectivity index (χ1n) is 6.41. The van der Waals surface area contributed by atoms with Crippen LogP contribution in [0.2, 0.25) is 0 Å². The number of aliphatic hydroxyl groups is 1. The Morgan fingerprint density at radius 1 is 1.47 bits per heavy atom. The number of fused-ring (bicyclic) bond motifs is 2. The summed E-state index contributed by atoms with van der Waals surface area (Å²) >= 11 is 0. The van der Waals surface area contributed by atoms with Crippen molar-refractivity contribution in [1.29, 1.82) is 0 Å². The Kier molecular flexibility index (Phi) is 2.85. The smallest absolute Gasteiger partial charge is 0.0922 e. The molecule has 0 amide bonds. The van der Waals surface area contributed by atoms with Gasteiger partial charge < -0.3 is 9.84 Å². The van der Waals surface area contributed by atoms with Gasteiger partial charge in [0.2, 0.25) is 0 Å². The van der Waals surface area contributed by atoms with E-state index in [-0.39, 0.29) is 17.3 Å². The highest BCUT2D eigenvalue weighted by atomic mass is 16.6. The zero-order valence-electron chi connectivity index (χ0n) is 10.3. The molecule has 2 aliphatic heterocycles. The van der Waals surface area contributed by atoms with Crippen molar-refractivity contribution >= 4 is 0 Å². The van der Waals surface area contributed by atoms with Crippen molar-refractivity contribution in [3.05, 3.63) is 0 Å². The maximum absolute atomic E-state index is 9.99. The Bertz CT molecular complexity index is 241. The van der Waals surface area contributed by atoms with E-state index in [0.717, 1.165) is 19.3 Å². The molecule has 1 N–H and O–H groups in total. The fourth-order valence-electron chi connectivity index (χ4n) is 3.27. The fraction of sp³-hybridized carbons (Fsp3) is 1.00. The molecule has 2 bridgehead atoms. The van der Waals surface area contributed by atoms with E-state index in [1.807, 2.05) is 0 Å². The van der Waals surface area contributed by atoms with E-state index in [2.05, 4.69) is 20.8 Å². The molecule has 0 radical (unpaired) electrons. The van der Waals surface area contributed by atoms with Gasteiger partial charge in [-0.1, -0.05) is 26.7 Å². The lowest BCUT2D eigenvalue weighted by atomic mass is 9.74. The van der Waals surface area contributed by atoms with Crippen LogP contribution in [0, 0.1) is 5.92 Å². The van der Waals surface area contributed by atoms with Crippen LogP contribution < -0.4 is 0 Å². The van der Waals surface area contributed by atoms with Gasteiger partial charge in [-0.25, -0.2) is 0 Å². The first-order valence-corrected chi connectivity index (χ1v) is 6.41. The molecule has 0 aromatic heterocycles. The average Bonchev–Trinajstić information content (AvgIpc) is 2.66. The average molecular weight is 212 g/mol. The minimum atomic E-state index is -0.240. The van der Waals surface area contributed by atoms with Crippen molar-refractivity contribution < 1.29 is 9.84 Å². The van der Waals surface area contributed by atoms with Crippen LogP contribution in [-0.2, 0) is 4.74 Å². The van der Waals surface area contributed by atoms with Gasteiger partial charge in [0, 0.05) is 6.42 Å². The van der Waals surface area contributed by atoms with Crippen LogP contribution in [0.1, 0.15) is 59.3 Å². The van der Waals surface area contributed by atoms with Crippen molar-refractivity contribution in [3.63, 3.8) is 0 Å². The third-order valence-corrected chi connectivity index (χ3v) is 4.61. The summed E-state index contributed by atoms with van der Waals surface area (Å²) in [4.78, 5) is 0. The van der Waals surface area contributed by atoms with Crippen LogP contribution in [0.25, 0.3) is 0 Å². The highest BCUT2D eigenvalue weighted by Gasteiger charge is 2.60. The largest absolute Gasteiger partial charge is 0.390 e. The van der Waals surface area contributed by atoms with Crippen LogP contribution in [-0.4, -0.2) is 22.4 Å². The minimum absolute atomic E-state index is 0.00331. The SMILES string of the molecule is CCCCC(C)C12CCC(C)(O1)C(O)C2. The first-order chi connectivity index (χ1) is 7.02. The molecular formula is C13H24O2. The molecule has 0 aromatic rings. The highest BCUT2D eigenvalue weighted by Crippen LogP contribution is 2.54. The van der Waals surface area contributed by atoms with Gasteiger partial charge in [-0.2, -0.15) is 0 Å². The predicted molar refractivity (Wildman–Crippen MR) is 60.8 cm³/mol. The van der Waals surface area contributed by atoms with E-state index in [1.54, 1.807) is 0 Å². The lowest BCUT2D eigenvalue weighted by Gasteiger charge is -2.32. The normalized spacial score (nSPS) is 46.0. The number of unbranched alkanes of at least 4 members (excludes halogenated alkanes) is 1. The summed E-state index contributed by atoms with van der Waals surface area (Å²) in [5, 5.41) is 9.99. The Hall–Kier alpha value is -0.0800. The van der Waals surface area contributed by atoms with Gasteiger partial charge in [0.05, 0.1) is 17.3 Å². The zero-order chi connectivity index (χ0) is 11.1. The van der Waals surface area contributed by atoms with E-state index >= 15 is 0 Å². The quantitative estimate of drug-likeness (QED) is 0.776. The van der Waals surface area contributed by atoms with Crippen molar-refractivity contribution in [2.24, 2.45) is 5.92 Å². The van der Waals surface area contributed by atoms with Gasteiger partial charge in [-0.15, -0.1) is 0 Å². The van der Waals surface area contributed by atoms with E-state index < -0.39 is 0 Å². The third-order valence-electron chi connectivity index (χ3n) is 4.61. The van der Waals surface area contributed by atoms with Crippen molar-refractivity contribution in [2.75, 3.05) is 0 Å². The molecule has 2 heterocycles. The second-order valence-corrected chi connectivity index (χ2v) is 5.74. The van der Waals surface area contributed by atoms with Crippen LogP contribution in [0.15, 0.2) is 0 Å². The standard InChI is InChI=1S/C13H24O2/c1-4-5-6-10(2)13-8-7-12(3,15-13)11(14)9-13/h10-11,14H,4-9H2,1-3H3. The minimum Gasteiger partial charge on any atom is -0.390 e. The van der Waals surface area contributed by atoms with Crippen molar-refractivity contribution in [3.8, 4) is 0 Å². The molecule has 0 aliphatic carbocycles. The molecule has 2 nitrogen and oxygen atoms in total. The molecule has 4 atom stereocenters. The number of hydrogen-bond donors (Lipinski definition) is 1. The third kappa shape index (κ3) is 1.72. The molecule has 2 fully saturated rings. The lowest BCUT2D eigenvalue weighted by molar-refractivity contribution is -0.0845. The Morgan fingerprint density at radius 2 is 2.20 bits per heavy atom. The maximum atomic E-state index is 9.99. The predicted octanol–water partition coefficient (Wildman–Crippen LogP) is 2.89. The summed E-state index contributed by atoms with van der Waals surface area (Å²) in [7, 11) is 0.